The zero-order chi connectivity index (χ0) is 33.4. The summed E-state index contributed by atoms with van der Waals surface area (Å²) in [7, 11) is -4.45. The van der Waals surface area contributed by atoms with E-state index >= 15 is 0 Å². The minimum atomic E-state index is -4.45. The second-order valence-electron chi connectivity index (χ2n) is 11.9. The van der Waals surface area contributed by atoms with E-state index < -0.39 is 40.0 Å². The molecule has 0 aromatic carbocycles. The average molecular weight is 652 g/mol. The first kappa shape index (κ1) is 43.0. The summed E-state index contributed by atoms with van der Waals surface area (Å²) in [6.45, 7) is 4.33. The molecule has 0 saturated heterocycles. The first-order chi connectivity index (χ1) is 21.7. The Labute approximate surface area is 275 Å². The van der Waals surface area contributed by atoms with Crippen LogP contribution >= 0.6 is 0 Å². The Morgan fingerprint density at radius 2 is 1.13 bits per heavy atom. The van der Waals surface area contributed by atoms with Gasteiger partial charge in [-0.2, -0.15) is 8.42 Å². The van der Waals surface area contributed by atoms with Crippen LogP contribution in [0, 0.1) is 0 Å². The van der Waals surface area contributed by atoms with Gasteiger partial charge in [-0.15, -0.1) is 0 Å². The van der Waals surface area contributed by atoms with Gasteiger partial charge in [0.1, 0.15) is 6.10 Å². The molecule has 0 aromatic rings. The van der Waals surface area contributed by atoms with E-state index in [2.05, 4.69) is 67.8 Å². The van der Waals surface area contributed by atoms with Gasteiger partial charge in [0, 0.05) is 0 Å². The van der Waals surface area contributed by atoms with Crippen molar-refractivity contribution in [3.63, 3.8) is 0 Å². The van der Waals surface area contributed by atoms with Crippen molar-refractivity contribution in [2.45, 2.75) is 161 Å². The van der Waals surface area contributed by atoms with Crippen molar-refractivity contribution in [2.24, 2.45) is 0 Å². The van der Waals surface area contributed by atoms with Crippen molar-refractivity contribution in [1.29, 1.82) is 0 Å². The molecule has 260 valence electrons. The van der Waals surface area contributed by atoms with Gasteiger partial charge in [-0.25, -0.2) is 0 Å². The fourth-order valence-corrected chi connectivity index (χ4v) is 5.57. The molecule has 1 amide bonds. The smallest absolute Gasteiger partial charge is 0.267 e. The highest BCUT2D eigenvalue weighted by atomic mass is 32.2. The quantitative estimate of drug-likeness (QED) is 0.0267. The van der Waals surface area contributed by atoms with Crippen LogP contribution in [0.5, 0.6) is 0 Å². The largest absolute Gasteiger partial charge is 0.387 e. The van der Waals surface area contributed by atoms with Gasteiger partial charge in [0.2, 0.25) is 5.91 Å². The van der Waals surface area contributed by atoms with E-state index in [1.54, 1.807) is 6.08 Å². The molecule has 0 aromatic heterocycles. The molecule has 0 heterocycles. The van der Waals surface area contributed by atoms with E-state index in [4.69, 9.17) is 0 Å². The van der Waals surface area contributed by atoms with E-state index in [1.807, 2.05) is 0 Å². The van der Waals surface area contributed by atoms with Crippen molar-refractivity contribution >= 4 is 16.0 Å². The molecule has 0 aliphatic carbocycles. The molecule has 0 radical (unpaired) electrons. The normalized spacial score (nSPS) is 14.9. The highest BCUT2D eigenvalue weighted by molar-refractivity contribution is 7.85. The van der Waals surface area contributed by atoms with Gasteiger partial charge in [0.05, 0.1) is 17.9 Å². The van der Waals surface area contributed by atoms with E-state index in [-0.39, 0.29) is 6.42 Å². The molecule has 0 bridgehead atoms. The van der Waals surface area contributed by atoms with Gasteiger partial charge in [-0.05, 0) is 64.2 Å². The third kappa shape index (κ3) is 30.4. The van der Waals surface area contributed by atoms with Crippen LogP contribution in [0.15, 0.2) is 60.8 Å². The first-order valence-corrected chi connectivity index (χ1v) is 19.2. The van der Waals surface area contributed by atoms with Gasteiger partial charge in [0.15, 0.2) is 0 Å². The Hall–Kier alpha value is -2.00. The van der Waals surface area contributed by atoms with Gasteiger partial charge in [-0.1, -0.05) is 139 Å². The first-order valence-electron chi connectivity index (χ1n) is 17.6. The monoisotopic (exact) mass is 651 g/mol. The molecule has 7 nitrogen and oxygen atoms in total. The topological polar surface area (TPSA) is 124 Å². The number of hydrogen-bond donors (Lipinski definition) is 4. The van der Waals surface area contributed by atoms with Gasteiger partial charge in [-0.3, -0.25) is 9.35 Å². The van der Waals surface area contributed by atoms with Crippen molar-refractivity contribution in [3.05, 3.63) is 60.8 Å². The van der Waals surface area contributed by atoms with Gasteiger partial charge < -0.3 is 15.5 Å². The maximum absolute atomic E-state index is 12.5. The van der Waals surface area contributed by atoms with E-state index in [1.165, 1.54) is 63.9 Å². The van der Waals surface area contributed by atoms with Crippen molar-refractivity contribution in [1.82, 2.24) is 5.32 Å². The van der Waals surface area contributed by atoms with Crippen LogP contribution in [0.25, 0.3) is 0 Å². The minimum Gasteiger partial charge on any atom is -0.387 e. The van der Waals surface area contributed by atoms with Crippen LogP contribution in [0.4, 0.5) is 0 Å². The Balaban J connectivity index is 4.13. The number of amides is 1. The molecule has 4 N–H and O–H groups in total. The molecule has 3 atom stereocenters. The summed E-state index contributed by atoms with van der Waals surface area (Å²) in [5.41, 5.74) is 0. The van der Waals surface area contributed by atoms with Crippen LogP contribution in [0.1, 0.15) is 142 Å². The molecular formula is C37H65NO6S. The molecule has 0 spiro atoms. The summed E-state index contributed by atoms with van der Waals surface area (Å²) < 4.78 is 32.3. The molecule has 0 saturated carbocycles. The van der Waals surface area contributed by atoms with Gasteiger partial charge in [0.25, 0.3) is 10.1 Å². The van der Waals surface area contributed by atoms with Crippen LogP contribution in [-0.2, 0) is 14.9 Å². The SMILES string of the molecule is CC/C=C/CC/C=C/CC/C=C/C(O)C(CS(=O)(=O)O)NC(=O)C(O)CCCCCCCCCCC/C=C\C=C/CCCCC. The van der Waals surface area contributed by atoms with Crippen LogP contribution in [-0.4, -0.2) is 53.1 Å². The Morgan fingerprint density at radius 1 is 0.644 bits per heavy atom. The summed E-state index contributed by atoms with van der Waals surface area (Å²) >= 11 is 0. The van der Waals surface area contributed by atoms with Crippen molar-refractivity contribution in [2.75, 3.05) is 5.75 Å². The fourth-order valence-electron chi connectivity index (χ4n) is 4.84. The number of carbonyl (C=O) groups excluding carboxylic acids is 1. The van der Waals surface area contributed by atoms with Gasteiger partial charge >= 0.3 is 0 Å². The van der Waals surface area contributed by atoms with E-state index in [0.29, 0.717) is 12.8 Å². The standard InChI is InChI=1S/C37H65NO6S/c1-3-5-7-9-11-13-15-16-17-18-19-20-21-22-24-26-28-30-32-36(40)37(41)38-34(33-45(42,43)44)35(39)31-29-27-25-23-14-12-10-8-6-4-2/h6,8,11,13-16,23,29,31,34-36,39-40H,3-5,7,9-10,12,17-22,24-28,30,32-33H2,1-2H3,(H,38,41)(H,42,43,44)/b8-6+,13-11-,16-15-,23-14+,31-29+. The summed E-state index contributed by atoms with van der Waals surface area (Å²) in [5.74, 6) is -1.58. The molecular weight excluding hydrogens is 586 g/mol. The van der Waals surface area contributed by atoms with E-state index in [9.17, 15) is 28.0 Å². The van der Waals surface area contributed by atoms with Crippen LogP contribution < -0.4 is 5.32 Å². The molecule has 8 heteroatoms. The fraction of sp³-hybridized carbons (Fsp3) is 0.703. The lowest BCUT2D eigenvalue weighted by atomic mass is 10.0. The lowest BCUT2D eigenvalue weighted by Gasteiger charge is -2.22. The zero-order valence-corrected chi connectivity index (χ0v) is 29.1. The number of unbranched alkanes of at least 4 members (excludes halogenated alkanes) is 14. The Morgan fingerprint density at radius 3 is 1.67 bits per heavy atom. The summed E-state index contributed by atoms with van der Waals surface area (Å²) in [6, 6.07) is -1.26. The summed E-state index contributed by atoms with van der Waals surface area (Å²) in [5, 5.41) is 23.2. The highest BCUT2D eigenvalue weighted by Crippen LogP contribution is 2.13. The van der Waals surface area contributed by atoms with Crippen molar-refractivity contribution < 1.29 is 28.0 Å². The molecule has 3 unspecified atom stereocenters. The number of carbonyl (C=O) groups is 1. The number of aliphatic hydroxyl groups excluding tert-OH is 2. The lowest BCUT2D eigenvalue weighted by Crippen LogP contribution is -2.50. The number of rotatable bonds is 30. The third-order valence-electron chi connectivity index (χ3n) is 7.54. The average Bonchev–Trinajstić information content (AvgIpc) is 3.00. The number of hydrogen-bond acceptors (Lipinski definition) is 5. The maximum atomic E-state index is 12.5. The van der Waals surface area contributed by atoms with Crippen molar-refractivity contribution in [3.8, 4) is 0 Å². The Kier molecular flexibility index (Phi) is 29.3. The predicted octanol–water partition coefficient (Wildman–Crippen LogP) is 8.70. The van der Waals surface area contributed by atoms with Crippen LogP contribution in [0.2, 0.25) is 0 Å². The lowest BCUT2D eigenvalue weighted by molar-refractivity contribution is -0.130. The number of allylic oxidation sites excluding steroid dienone is 9. The maximum Gasteiger partial charge on any atom is 0.267 e. The summed E-state index contributed by atoms with van der Waals surface area (Å²) in [6.07, 6.45) is 38.6. The second kappa shape index (κ2) is 30.6. The summed E-state index contributed by atoms with van der Waals surface area (Å²) in [4.78, 5) is 12.5. The molecule has 45 heavy (non-hydrogen) atoms. The highest BCUT2D eigenvalue weighted by Gasteiger charge is 2.27. The molecule has 0 fully saturated rings. The molecule has 0 rings (SSSR count). The van der Waals surface area contributed by atoms with Crippen LogP contribution in [0.3, 0.4) is 0 Å². The minimum absolute atomic E-state index is 0.262. The second-order valence-corrected chi connectivity index (χ2v) is 13.4. The number of nitrogens with one attached hydrogen (secondary N) is 1. The molecule has 0 aliphatic rings. The predicted molar refractivity (Wildman–Crippen MR) is 190 cm³/mol. The third-order valence-corrected chi connectivity index (χ3v) is 8.32. The molecule has 0 aliphatic heterocycles. The Bertz CT molecular complexity index is 954. The van der Waals surface area contributed by atoms with E-state index in [0.717, 1.165) is 51.4 Å². The zero-order valence-electron chi connectivity index (χ0n) is 28.3. The number of aliphatic hydroxyl groups is 2.